The third-order valence-electron chi connectivity index (χ3n) is 3.67. The number of aromatic amines is 1. The van der Waals surface area contributed by atoms with Crippen LogP contribution in [0.3, 0.4) is 0 Å². The number of ether oxygens (including phenoxy) is 1. The number of halogens is 1. The summed E-state index contributed by atoms with van der Waals surface area (Å²) in [7, 11) is 0. The van der Waals surface area contributed by atoms with Gasteiger partial charge in [-0.05, 0) is 35.9 Å². The highest BCUT2D eigenvalue weighted by molar-refractivity contribution is 5.86. The number of pyridine rings is 1. The number of nitrogens with one attached hydrogen (secondary N) is 2. The van der Waals surface area contributed by atoms with E-state index in [0.29, 0.717) is 18.1 Å². The van der Waals surface area contributed by atoms with Gasteiger partial charge in [-0.25, -0.2) is 14.4 Å². The van der Waals surface area contributed by atoms with Crippen LogP contribution in [0, 0.1) is 5.82 Å². The molecule has 7 heteroatoms. The van der Waals surface area contributed by atoms with Crippen LogP contribution >= 0.6 is 0 Å². The van der Waals surface area contributed by atoms with Gasteiger partial charge in [0.2, 0.25) is 0 Å². The Morgan fingerprint density at radius 2 is 2.12 bits per heavy atom. The molecule has 1 aromatic carbocycles. The van der Waals surface area contributed by atoms with Crippen LogP contribution in [0.25, 0.3) is 11.0 Å². The molecule has 124 valence electrons. The fourth-order valence-corrected chi connectivity index (χ4v) is 2.47. The van der Waals surface area contributed by atoms with Crippen molar-refractivity contribution in [2.45, 2.75) is 6.54 Å². The van der Waals surface area contributed by atoms with Gasteiger partial charge in [0, 0.05) is 18.9 Å². The number of aromatic nitrogens is 4. The van der Waals surface area contributed by atoms with E-state index in [1.54, 1.807) is 36.7 Å². The van der Waals surface area contributed by atoms with Gasteiger partial charge in [-0.15, -0.1) is 0 Å². The highest BCUT2D eigenvalue weighted by Gasteiger charge is 2.08. The second kappa shape index (κ2) is 6.56. The van der Waals surface area contributed by atoms with Gasteiger partial charge in [-0.1, -0.05) is 6.07 Å². The van der Waals surface area contributed by atoms with E-state index in [4.69, 9.17) is 4.74 Å². The normalized spacial score (nSPS) is 10.8. The zero-order valence-electron chi connectivity index (χ0n) is 13.1. The molecule has 0 bridgehead atoms. The van der Waals surface area contributed by atoms with Crippen LogP contribution in [0.5, 0.6) is 11.5 Å². The Morgan fingerprint density at radius 3 is 2.96 bits per heavy atom. The van der Waals surface area contributed by atoms with Crippen molar-refractivity contribution in [1.29, 1.82) is 0 Å². The molecule has 25 heavy (non-hydrogen) atoms. The minimum absolute atomic E-state index is 0.159. The van der Waals surface area contributed by atoms with E-state index in [9.17, 15) is 4.39 Å². The van der Waals surface area contributed by atoms with Crippen LogP contribution in [-0.2, 0) is 6.54 Å². The smallest absolute Gasteiger partial charge is 0.166 e. The fourth-order valence-electron chi connectivity index (χ4n) is 2.47. The molecular formula is C18H14FN5O. The second-order valence-electron chi connectivity index (χ2n) is 5.37. The molecule has 0 atom stereocenters. The SMILES string of the molecule is Fc1cc(CNc2ncnc3[nH]ccc23)ccc1Oc1cccnc1. The van der Waals surface area contributed by atoms with E-state index in [1.807, 2.05) is 6.07 Å². The Bertz CT molecular complexity index is 1000. The van der Waals surface area contributed by atoms with Crippen LogP contribution in [0.2, 0.25) is 0 Å². The van der Waals surface area contributed by atoms with Gasteiger partial charge in [0.15, 0.2) is 11.6 Å². The molecule has 0 unspecified atom stereocenters. The summed E-state index contributed by atoms with van der Waals surface area (Å²) in [5, 5.41) is 4.09. The minimum Gasteiger partial charge on any atom is -0.453 e. The molecule has 0 aliphatic carbocycles. The minimum atomic E-state index is -0.433. The zero-order chi connectivity index (χ0) is 17.1. The first-order valence-electron chi connectivity index (χ1n) is 7.68. The first kappa shape index (κ1) is 15.1. The third-order valence-corrected chi connectivity index (χ3v) is 3.67. The molecule has 3 heterocycles. The number of rotatable bonds is 5. The van der Waals surface area contributed by atoms with Gasteiger partial charge in [0.05, 0.1) is 11.6 Å². The number of H-pyrrole nitrogens is 1. The fraction of sp³-hybridized carbons (Fsp3) is 0.0556. The van der Waals surface area contributed by atoms with Crippen LogP contribution in [0.1, 0.15) is 5.56 Å². The molecule has 0 amide bonds. The maximum absolute atomic E-state index is 14.3. The summed E-state index contributed by atoms with van der Waals surface area (Å²) in [5.74, 6) is 0.912. The maximum Gasteiger partial charge on any atom is 0.166 e. The number of hydrogen-bond donors (Lipinski definition) is 2. The molecule has 0 aliphatic heterocycles. The van der Waals surface area contributed by atoms with Gasteiger partial charge in [0.25, 0.3) is 0 Å². The molecule has 0 radical (unpaired) electrons. The van der Waals surface area contributed by atoms with E-state index in [0.717, 1.165) is 16.6 Å². The number of benzene rings is 1. The lowest BCUT2D eigenvalue weighted by molar-refractivity contribution is 0.440. The summed E-state index contributed by atoms with van der Waals surface area (Å²) in [6, 6.07) is 10.2. The van der Waals surface area contributed by atoms with Crippen LogP contribution < -0.4 is 10.1 Å². The van der Waals surface area contributed by atoms with Gasteiger partial charge in [-0.3, -0.25) is 4.98 Å². The van der Waals surface area contributed by atoms with Crippen molar-refractivity contribution in [1.82, 2.24) is 19.9 Å². The predicted octanol–water partition coefficient (Wildman–Crippen LogP) is 3.90. The van der Waals surface area contributed by atoms with Crippen molar-refractivity contribution in [2.24, 2.45) is 0 Å². The monoisotopic (exact) mass is 335 g/mol. The van der Waals surface area contributed by atoms with E-state index < -0.39 is 5.82 Å². The average Bonchev–Trinajstić information content (AvgIpc) is 3.12. The first-order valence-corrected chi connectivity index (χ1v) is 7.68. The maximum atomic E-state index is 14.3. The van der Waals surface area contributed by atoms with E-state index in [1.165, 1.54) is 18.6 Å². The van der Waals surface area contributed by atoms with Crippen molar-refractivity contribution in [2.75, 3.05) is 5.32 Å². The first-order chi connectivity index (χ1) is 12.3. The molecule has 0 saturated heterocycles. The van der Waals surface area contributed by atoms with Gasteiger partial charge in [0.1, 0.15) is 23.5 Å². The van der Waals surface area contributed by atoms with Gasteiger partial charge in [-0.2, -0.15) is 0 Å². The summed E-state index contributed by atoms with van der Waals surface area (Å²) < 4.78 is 19.8. The number of hydrogen-bond acceptors (Lipinski definition) is 5. The predicted molar refractivity (Wildman–Crippen MR) is 91.9 cm³/mol. The van der Waals surface area contributed by atoms with Crippen molar-refractivity contribution in [3.8, 4) is 11.5 Å². The highest BCUT2D eigenvalue weighted by Crippen LogP contribution is 2.25. The summed E-state index contributed by atoms with van der Waals surface area (Å²) in [6.45, 7) is 0.432. The van der Waals surface area contributed by atoms with Gasteiger partial charge >= 0.3 is 0 Å². The van der Waals surface area contributed by atoms with Crippen molar-refractivity contribution in [3.63, 3.8) is 0 Å². The van der Waals surface area contributed by atoms with E-state index in [-0.39, 0.29) is 5.75 Å². The lowest BCUT2D eigenvalue weighted by Gasteiger charge is -2.09. The second-order valence-corrected chi connectivity index (χ2v) is 5.37. The molecule has 0 aliphatic rings. The summed E-state index contributed by atoms with van der Waals surface area (Å²) >= 11 is 0. The Labute approximate surface area is 142 Å². The lowest BCUT2D eigenvalue weighted by atomic mass is 10.2. The standard InChI is InChI=1S/C18H14FN5O/c19-15-8-12(3-4-16(15)25-13-2-1-6-20-10-13)9-22-18-14-5-7-21-17(14)23-11-24-18/h1-8,10-11H,9H2,(H2,21,22,23,24). The topological polar surface area (TPSA) is 75.7 Å². The molecule has 0 saturated carbocycles. The molecule has 3 aromatic heterocycles. The average molecular weight is 335 g/mol. The zero-order valence-corrected chi connectivity index (χ0v) is 13.1. The number of anilines is 1. The van der Waals surface area contributed by atoms with Crippen LogP contribution in [-0.4, -0.2) is 19.9 Å². The molecular weight excluding hydrogens is 321 g/mol. The van der Waals surface area contributed by atoms with Crippen molar-refractivity contribution in [3.05, 3.63) is 72.7 Å². The van der Waals surface area contributed by atoms with E-state index in [2.05, 4.69) is 25.3 Å². The summed E-state index contributed by atoms with van der Waals surface area (Å²) in [4.78, 5) is 15.3. The van der Waals surface area contributed by atoms with Gasteiger partial charge < -0.3 is 15.0 Å². The Hall–Kier alpha value is -3.48. The molecule has 6 nitrogen and oxygen atoms in total. The molecule has 0 spiro atoms. The quantitative estimate of drug-likeness (QED) is 0.578. The van der Waals surface area contributed by atoms with Crippen molar-refractivity contribution >= 4 is 16.9 Å². The van der Waals surface area contributed by atoms with Crippen LogP contribution in [0.15, 0.2) is 61.3 Å². The highest BCUT2D eigenvalue weighted by atomic mass is 19.1. The Morgan fingerprint density at radius 1 is 1.16 bits per heavy atom. The summed E-state index contributed by atoms with van der Waals surface area (Å²) in [6.07, 6.45) is 6.44. The van der Waals surface area contributed by atoms with E-state index >= 15 is 0 Å². The molecule has 2 N–H and O–H groups in total. The molecule has 4 rings (SSSR count). The number of nitrogens with zero attached hydrogens (tertiary/aromatic N) is 3. The largest absolute Gasteiger partial charge is 0.453 e. The Kier molecular flexibility index (Phi) is 3.96. The third kappa shape index (κ3) is 3.25. The Balaban J connectivity index is 1.48. The van der Waals surface area contributed by atoms with Crippen LogP contribution in [0.4, 0.5) is 10.2 Å². The molecule has 0 fully saturated rings. The van der Waals surface area contributed by atoms with Crippen molar-refractivity contribution < 1.29 is 9.13 Å². The summed E-state index contributed by atoms with van der Waals surface area (Å²) in [5.41, 5.74) is 1.53. The molecule has 4 aromatic rings. The lowest BCUT2D eigenvalue weighted by Crippen LogP contribution is -2.03. The number of fused-ring (bicyclic) bond motifs is 1.